The molecule has 0 saturated heterocycles. The van der Waals surface area contributed by atoms with Crippen LogP contribution >= 0.6 is 22.9 Å². The van der Waals surface area contributed by atoms with E-state index in [-0.39, 0.29) is 12.5 Å². The summed E-state index contributed by atoms with van der Waals surface area (Å²) in [6, 6.07) is 12.7. The van der Waals surface area contributed by atoms with Crippen LogP contribution < -0.4 is 0 Å². The predicted molar refractivity (Wildman–Crippen MR) is 115 cm³/mol. The average molecular weight is 452 g/mol. The Hall–Kier alpha value is -3.56. The minimum absolute atomic E-state index is 0.122. The van der Waals surface area contributed by atoms with Crippen LogP contribution in [-0.2, 0) is 11.3 Å². The monoisotopic (exact) mass is 451 g/mol. The molecule has 0 spiro atoms. The van der Waals surface area contributed by atoms with E-state index in [1.165, 1.54) is 11.3 Å². The van der Waals surface area contributed by atoms with Crippen molar-refractivity contribution in [2.24, 2.45) is 0 Å². The number of esters is 1. The van der Waals surface area contributed by atoms with Gasteiger partial charge in [0.05, 0.1) is 11.4 Å². The van der Waals surface area contributed by atoms with Crippen LogP contribution in [0.4, 0.5) is 0 Å². The van der Waals surface area contributed by atoms with Crippen molar-refractivity contribution in [3.05, 3.63) is 76.3 Å². The molecule has 4 aromatic heterocycles. The largest absolute Gasteiger partial charge is 0.451 e. The van der Waals surface area contributed by atoms with E-state index in [2.05, 4.69) is 20.2 Å². The van der Waals surface area contributed by atoms with Crippen molar-refractivity contribution in [1.29, 1.82) is 0 Å². The summed E-state index contributed by atoms with van der Waals surface area (Å²) in [6.45, 7) is 1.78. The summed E-state index contributed by atoms with van der Waals surface area (Å²) >= 11 is 7.29. The fourth-order valence-corrected chi connectivity index (χ4v) is 4.23. The number of nitrogens with zero attached hydrogens (tertiary/aromatic N) is 5. The number of pyridine rings is 1. The molecule has 1 aromatic carbocycles. The topological polar surface area (TPSA) is 95.9 Å². The first-order valence-electron chi connectivity index (χ1n) is 9.24. The van der Waals surface area contributed by atoms with Gasteiger partial charge >= 0.3 is 5.97 Å². The van der Waals surface area contributed by atoms with Gasteiger partial charge in [0.1, 0.15) is 9.71 Å². The summed E-state index contributed by atoms with van der Waals surface area (Å²) in [5, 5.41) is 10.00. The maximum atomic E-state index is 12.6. The molecular weight excluding hydrogens is 438 g/mol. The summed E-state index contributed by atoms with van der Waals surface area (Å²) < 4.78 is 12.3. The number of aromatic nitrogens is 5. The summed E-state index contributed by atoms with van der Waals surface area (Å²) in [7, 11) is 0. The van der Waals surface area contributed by atoms with E-state index < -0.39 is 5.97 Å². The van der Waals surface area contributed by atoms with E-state index in [0.29, 0.717) is 15.7 Å². The number of halogens is 1. The maximum Gasteiger partial charge on any atom is 0.348 e. The lowest BCUT2D eigenvalue weighted by atomic mass is 10.3. The number of hydrogen-bond donors (Lipinski definition) is 0. The number of fused-ring (bicyclic) bond motifs is 1. The van der Waals surface area contributed by atoms with E-state index in [1.54, 1.807) is 41.3 Å². The van der Waals surface area contributed by atoms with Crippen LogP contribution in [0, 0.1) is 6.92 Å². The molecule has 0 radical (unpaired) electrons. The van der Waals surface area contributed by atoms with Crippen molar-refractivity contribution in [3.8, 4) is 17.1 Å². The number of hydrogen-bond acceptors (Lipinski definition) is 8. The van der Waals surface area contributed by atoms with Crippen molar-refractivity contribution in [2.45, 2.75) is 13.5 Å². The van der Waals surface area contributed by atoms with E-state index in [9.17, 15) is 4.79 Å². The van der Waals surface area contributed by atoms with Crippen molar-refractivity contribution >= 4 is 39.1 Å². The Bertz CT molecular complexity index is 1380. The zero-order chi connectivity index (χ0) is 21.4. The number of ether oxygens (including phenoxy) is 1. The van der Waals surface area contributed by atoms with E-state index >= 15 is 0 Å². The molecule has 0 bridgehead atoms. The number of carbonyl (C=O) groups is 1. The quantitative estimate of drug-likeness (QED) is 0.352. The summed E-state index contributed by atoms with van der Waals surface area (Å²) in [6.07, 6.45) is 3.29. The van der Waals surface area contributed by atoms with Crippen molar-refractivity contribution in [2.75, 3.05) is 0 Å². The molecule has 5 aromatic rings. The molecule has 0 saturated carbocycles. The van der Waals surface area contributed by atoms with Crippen LogP contribution in [0.5, 0.6) is 0 Å². The zero-order valence-corrected chi connectivity index (χ0v) is 17.7. The zero-order valence-electron chi connectivity index (χ0n) is 16.2. The lowest BCUT2D eigenvalue weighted by Gasteiger charge is -2.02. The van der Waals surface area contributed by atoms with Crippen molar-refractivity contribution in [1.82, 2.24) is 24.9 Å². The molecule has 0 aliphatic carbocycles. The average Bonchev–Trinajstić information content (AvgIpc) is 3.50. The van der Waals surface area contributed by atoms with Gasteiger partial charge in [-0.1, -0.05) is 16.8 Å². The number of thiophene rings is 1. The van der Waals surface area contributed by atoms with E-state index in [1.807, 2.05) is 25.1 Å². The second-order valence-electron chi connectivity index (χ2n) is 6.63. The summed E-state index contributed by atoms with van der Waals surface area (Å²) in [5.74, 6) is 0.126. The Labute approximate surface area is 185 Å². The van der Waals surface area contributed by atoms with Crippen LogP contribution in [0.3, 0.4) is 0 Å². The van der Waals surface area contributed by atoms with Crippen molar-refractivity contribution < 1.29 is 14.1 Å². The van der Waals surface area contributed by atoms with Gasteiger partial charge in [-0.2, -0.15) is 10.1 Å². The number of carbonyl (C=O) groups excluding carboxylic acids is 1. The highest BCUT2D eigenvalue weighted by atomic mass is 35.5. The van der Waals surface area contributed by atoms with Gasteiger partial charge in [-0.05, 0) is 49.4 Å². The second kappa shape index (κ2) is 7.93. The third-order valence-electron chi connectivity index (χ3n) is 4.53. The first-order valence-corrected chi connectivity index (χ1v) is 10.4. The van der Waals surface area contributed by atoms with Gasteiger partial charge < -0.3 is 9.26 Å². The molecule has 0 amide bonds. The fraction of sp³-hybridized carbons (Fsp3) is 0.0952. The van der Waals surface area contributed by atoms with Gasteiger partial charge in [-0.3, -0.25) is 4.98 Å². The first-order chi connectivity index (χ1) is 15.1. The second-order valence-corrected chi connectivity index (χ2v) is 8.10. The third-order valence-corrected chi connectivity index (χ3v) is 5.87. The van der Waals surface area contributed by atoms with Gasteiger partial charge in [-0.25, -0.2) is 9.48 Å². The molecule has 5 rings (SSSR count). The van der Waals surface area contributed by atoms with Gasteiger partial charge in [-0.15, -0.1) is 11.3 Å². The fourth-order valence-electron chi connectivity index (χ4n) is 3.03. The molecule has 154 valence electrons. The van der Waals surface area contributed by atoms with Crippen LogP contribution in [-0.4, -0.2) is 30.9 Å². The van der Waals surface area contributed by atoms with Gasteiger partial charge in [0.25, 0.3) is 5.89 Å². The standard InChI is InChI=1S/C21H14ClN5O3S/c1-12-16-9-17(31-20(16)27(25-12)15-6-4-14(22)5-7-15)21(28)29-11-18-24-19(26-30-18)13-3-2-8-23-10-13/h2-10H,11H2,1H3. The Morgan fingerprint density at radius 3 is 2.87 bits per heavy atom. The van der Waals surface area contributed by atoms with Crippen LogP contribution in [0.25, 0.3) is 27.3 Å². The smallest absolute Gasteiger partial charge is 0.348 e. The molecule has 0 unspecified atom stereocenters. The normalized spacial score (nSPS) is 11.2. The maximum absolute atomic E-state index is 12.6. The molecule has 0 aliphatic rings. The molecule has 4 heterocycles. The Morgan fingerprint density at radius 1 is 1.26 bits per heavy atom. The van der Waals surface area contributed by atoms with Gasteiger partial charge in [0.15, 0.2) is 6.61 Å². The third kappa shape index (κ3) is 3.80. The highest BCUT2D eigenvalue weighted by Crippen LogP contribution is 2.31. The van der Waals surface area contributed by atoms with Gasteiger partial charge in [0.2, 0.25) is 5.82 Å². The Kier molecular flexibility index (Phi) is 4.97. The molecular formula is C21H14ClN5O3S. The van der Waals surface area contributed by atoms with Crippen LogP contribution in [0.2, 0.25) is 5.02 Å². The Balaban J connectivity index is 1.34. The molecule has 0 atom stereocenters. The van der Waals surface area contributed by atoms with Crippen LogP contribution in [0.15, 0.2) is 59.4 Å². The molecule has 31 heavy (non-hydrogen) atoms. The molecule has 0 fully saturated rings. The lowest BCUT2D eigenvalue weighted by Crippen LogP contribution is -2.03. The summed E-state index contributed by atoms with van der Waals surface area (Å²) in [4.78, 5) is 22.2. The first kappa shape index (κ1) is 19.4. The van der Waals surface area contributed by atoms with Gasteiger partial charge in [0, 0.05) is 28.4 Å². The predicted octanol–water partition coefficient (Wildman–Crippen LogP) is 4.85. The molecule has 0 aliphatic heterocycles. The minimum atomic E-state index is -0.468. The van der Waals surface area contributed by atoms with E-state index in [4.69, 9.17) is 20.9 Å². The van der Waals surface area contributed by atoms with E-state index in [0.717, 1.165) is 27.2 Å². The highest BCUT2D eigenvalue weighted by Gasteiger charge is 2.19. The highest BCUT2D eigenvalue weighted by molar-refractivity contribution is 7.20. The number of rotatable bonds is 5. The molecule has 8 nitrogen and oxygen atoms in total. The minimum Gasteiger partial charge on any atom is -0.451 e. The summed E-state index contributed by atoms with van der Waals surface area (Å²) in [5.41, 5.74) is 2.40. The molecule has 10 heteroatoms. The van der Waals surface area contributed by atoms with Crippen molar-refractivity contribution in [3.63, 3.8) is 0 Å². The SMILES string of the molecule is Cc1nn(-c2ccc(Cl)cc2)c2sc(C(=O)OCc3nc(-c4cccnc4)no3)cc12. The lowest BCUT2D eigenvalue weighted by molar-refractivity contribution is 0.0435. The number of aryl methyl sites for hydroxylation is 1. The number of benzene rings is 1. The van der Waals surface area contributed by atoms with Crippen LogP contribution in [0.1, 0.15) is 21.3 Å². The molecule has 0 N–H and O–H groups in total. The Morgan fingerprint density at radius 2 is 2.10 bits per heavy atom.